The Balaban J connectivity index is 1.53. The van der Waals surface area contributed by atoms with Gasteiger partial charge in [0.05, 0.1) is 10.5 Å². The Labute approximate surface area is 182 Å². The zero-order chi connectivity index (χ0) is 22.6. The van der Waals surface area contributed by atoms with E-state index in [-0.39, 0.29) is 16.4 Å². The van der Waals surface area contributed by atoms with Gasteiger partial charge in [-0.3, -0.25) is 9.69 Å². The highest BCUT2D eigenvalue weighted by Crippen LogP contribution is 2.20. The number of piperazine rings is 1. The van der Waals surface area contributed by atoms with Crippen LogP contribution in [0, 0.1) is 13.8 Å². The van der Waals surface area contributed by atoms with Crippen LogP contribution in [0.3, 0.4) is 0 Å². The van der Waals surface area contributed by atoms with Crippen molar-refractivity contribution < 1.29 is 22.7 Å². The van der Waals surface area contributed by atoms with Crippen LogP contribution >= 0.6 is 0 Å². The van der Waals surface area contributed by atoms with E-state index in [1.54, 1.807) is 18.7 Å². The van der Waals surface area contributed by atoms with Crippen LogP contribution in [0.25, 0.3) is 0 Å². The Morgan fingerprint density at radius 3 is 2.29 bits per heavy atom. The summed E-state index contributed by atoms with van der Waals surface area (Å²) in [6, 6.07) is 12.9. The molecule has 2 aromatic rings. The third kappa shape index (κ3) is 5.90. The van der Waals surface area contributed by atoms with E-state index in [9.17, 15) is 18.0 Å². The first-order chi connectivity index (χ1) is 14.6. The van der Waals surface area contributed by atoms with Gasteiger partial charge in [0.15, 0.2) is 6.61 Å². The molecule has 8 nitrogen and oxygen atoms in total. The average Bonchev–Trinajstić information content (AvgIpc) is 2.74. The molecule has 0 radical (unpaired) electrons. The SMILES string of the molecule is Cc1cc(C(=O)OCC(=O)N2CCN(Cc3ccccc3)CC2)cc(S(N)(=O)=O)c1C. The number of carbonyl (C=O) groups excluding carboxylic acids is 2. The van der Waals surface area contributed by atoms with Crippen molar-refractivity contribution in [2.75, 3.05) is 32.8 Å². The quantitative estimate of drug-likeness (QED) is 0.674. The topological polar surface area (TPSA) is 110 Å². The Kier molecular flexibility index (Phi) is 7.09. The molecule has 1 fully saturated rings. The van der Waals surface area contributed by atoms with Crippen molar-refractivity contribution in [1.82, 2.24) is 9.80 Å². The molecular formula is C22H27N3O5S. The van der Waals surface area contributed by atoms with Gasteiger partial charge in [0.25, 0.3) is 5.91 Å². The second-order valence-corrected chi connectivity index (χ2v) is 9.21. The number of esters is 1. The second kappa shape index (κ2) is 9.59. The number of benzene rings is 2. The first kappa shape index (κ1) is 22.9. The minimum atomic E-state index is -3.98. The number of aryl methyl sites for hydroxylation is 1. The molecule has 31 heavy (non-hydrogen) atoms. The number of rotatable bonds is 6. The molecular weight excluding hydrogens is 418 g/mol. The van der Waals surface area contributed by atoms with Crippen LogP contribution in [-0.2, 0) is 26.1 Å². The maximum absolute atomic E-state index is 12.5. The van der Waals surface area contributed by atoms with Crippen molar-refractivity contribution in [1.29, 1.82) is 0 Å². The third-order valence-corrected chi connectivity index (χ3v) is 6.50. The number of hydrogen-bond donors (Lipinski definition) is 1. The monoisotopic (exact) mass is 445 g/mol. The molecule has 9 heteroatoms. The number of nitrogens with two attached hydrogens (primary N) is 1. The van der Waals surface area contributed by atoms with Gasteiger partial charge in [-0.1, -0.05) is 30.3 Å². The fraction of sp³-hybridized carbons (Fsp3) is 0.364. The lowest BCUT2D eigenvalue weighted by molar-refractivity contribution is -0.136. The number of carbonyl (C=O) groups is 2. The third-order valence-electron chi connectivity index (χ3n) is 5.46. The van der Waals surface area contributed by atoms with Gasteiger partial charge in [-0.05, 0) is 42.7 Å². The molecule has 2 aromatic carbocycles. The van der Waals surface area contributed by atoms with Gasteiger partial charge in [0.1, 0.15) is 0 Å². The smallest absolute Gasteiger partial charge is 0.338 e. The predicted octanol–water partition coefficient (Wildman–Crippen LogP) is 1.45. The molecule has 0 bridgehead atoms. The molecule has 0 aromatic heterocycles. The van der Waals surface area contributed by atoms with Crippen LogP contribution < -0.4 is 5.14 Å². The highest BCUT2D eigenvalue weighted by molar-refractivity contribution is 7.89. The number of amides is 1. The molecule has 1 aliphatic rings. The van der Waals surface area contributed by atoms with Crippen molar-refractivity contribution in [3.63, 3.8) is 0 Å². The summed E-state index contributed by atoms with van der Waals surface area (Å²) in [6.45, 7) is 6.33. The highest BCUT2D eigenvalue weighted by Gasteiger charge is 2.23. The minimum Gasteiger partial charge on any atom is -0.452 e. The molecule has 0 unspecified atom stereocenters. The van der Waals surface area contributed by atoms with E-state index in [0.717, 1.165) is 19.6 Å². The number of primary sulfonamides is 1. The molecule has 0 saturated carbocycles. The van der Waals surface area contributed by atoms with Crippen LogP contribution in [0.5, 0.6) is 0 Å². The molecule has 0 atom stereocenters. The number of hydrogen-bond acceptors (Lipinski definition) is 6. The van der Waals surface area contributed by atoms with Crippen LogP contribution in [0.2, 0.25) is 0 Å². The maximum Gasteiger partial charge on any atom is 0.338 e. The molecule has 1 saturated heterocycles. The largest absolute Gasteiger partial charge is 0.452 e. The van der Waals surface area contributed by atoms with Gasteiger partial charge in [0, 0.05) is 32.7 Å². The van der Waals surface area contributed by atoms with Crippen molar-refractivity contribution in [2.24, 2.45) is 5.14 Å². The summed E-state index contributed by atoms with van der Waals surface area (Å²) in [4.78, 5) is 28.7. The summed E-state index contributed by atoms with van der Waals surface area (Å²) >= 11 is 0. The Hall–Kier alpha value is -2.75. The summed E-state index contributed by atoms with van der Waals surface area (Å²) in [7, 11) is -3.98. The highest BCUT2D eigenvalue weighted by atomic mass is 32.2. The fourth-order valence-corrected chi connectivity index (χ4v) is 4.42. The van der Waals surface area contributed by atoms with Gasteiger partial charge in [-0.25, -0.2) is 18.4 Å². The molecule has 3 rings (SSSR count). The van der Waals surface area contributed by atoms with Crippen LogP contribution in [0.1, 0.15) is 27.0 Å². The van der Waals surface area contributed by atoms with E-state index in [1.165, 1.54) is 17.7 Å². The van der Waals surface area contributed by atoms with E-state index in [4.69, 9.17) is 9.88 Å². The van der Waals surface area contributed by atoms with E-state index in [2.05, 4.69) is 17.0 Å². The molecule has 166 valence electrons. The van der Waals surface area contributed by atoms with E-state index in [0.29, 0.717) is 24.2 Å². The summed E-state index contributed by atoms with van der Waals surface area (Å²) in [6.07, 6.45) is 0. The van der Waals surface area contributed by atoms with Gasteiger partial charge < -0.3 is 9.64 Å². The van der Waals surface area contributed by atoms with Crippen LogP contribution in [0.15, 0.2) is 47.4 Å². The van der Waals surface area contributed by atoms with Crippen molar-refractivity contribution >= 4 is 21.9 Å². The average molecular weight is 446 g/mol. The zero-order valence-corrected chi connectivity index (χ0v) is 18.5. The van der Waals surface area contributed by atoms with Crippen molar-refractivity contribution in [3.8, 4) is 0 Å². The summed E-state index contributed by atoms with van der Waals surface area (Å²) in [5.41, 5.74) is 2.35. The normalized spacial score (nSPS) is 15.0. The lowest BCUT2D eigenvalue weighted by Crippen LogP contribution is -2.49. The van der Waals surface area contributed by atoms with E-state index in [1.807, 2.05) is 18.2 Å². The fourth-order valence-electron chi connectivity index (χ4n) is 3.54. The lowest BCUT2D eigenvalue weighted by atomic mass is 10.1. The summed E-state index contributed by atoms with van der Waals surface area (Å²) in [5.74, 6) is -1.03. The van der Waals surface area contributed by atoms with Crippen LogP contribution in [0.4, 0.5) is 0 Å². The molecule has 1 amide bonds. The summed E-state index contributed by atoms with van der Waals surface area (Å²) in [5, 5.41) is 5.23. The number of sulfonamides is 1. The maximum atomic E-state index is 12.5. The molecule has 1 heterocycles. The van der Waals surface area contributed by atoms with Gasteiger partial charge in [-0.2, -0.15) is 0 Å². The zero-order valence-electron chi connectivity index (χ0n) is 17.7. The lowest BCUT2D eigenvalue weighted by Gasteiger charge is -2.34. The summed E-state index contributed by atoms with van der Waals surface area (Å²) < 4.78 is 28.7. The van der Waals surface area contributed by atoms with E-state index >= 15 is 0 Å². The number of ether oxygens (including phenoxy) is 1. The Morgan fingerprint density at radius 2 is 1.68 bits per heavy atom. The molecule has 0 aliphatic carbocycles. The van der Waals surface area contributed by atoms with Gasteiger partial charge in [-0.15, -0.1) is 0 Å². The number of nitrogens with zero attached hydrogens (tertiary/aromatic N) is 2. The standard InChI is InChI=1S/C22H27N3O5S/c1-16-12-19(13-20(17(16)2)31(23,28)29)22(27)30-15-21(26)25-10-8-24(9-11-25)14-18-6-4-3-5-7-18/h3-7,12-13H,8-11,14-15H2,1-2H3,(H2,23,28,29). The molecule has 1 aliphatic heterocycles. The van der Waals surface area contributed by atoms with Gasteiger partial charge in [0.2, 0.25) is 10.0 Å². The first-order valence-corrected chi connectivity index (χ1v) is 11.5. The van der Waals surface area contributed by atoms with Crippen molar-refractivity contribution in [2.45, 2.75) is 25.3 Å². The minimum absolute atomic E-state index is 0.0487. The predicted molar refractivity (Wildman–Crippen MR) is 116 cm³/mol. The Morgan fingerprint density at radius 1 is 1.03 bits per heavy atom. The Bertz CT molecular complexity index is 1060. The van der Waals surface area contributed by atoms with E-state index < -0.39 is 22.6 Å². The second-order valence-electron chi connectivity index (χ2n) is 7.68. The molecule has 0 spiro atoms. The van der Waals surface area contributed by atoms with Crippen molar-refractivity contribution in [3.05, 3.63) is 64.7 Å². The van der Waals surface area contributed by atoms with Crippen LogP contribution in [-0.4, -0.2) is 62.9 Å². The molecule has 2 N–H and O–H groups in total. The first-order valence-electron chi connectivity index (χ1n) is 10.0. The van der Waals surface area contributed by atoms with Gasteiger partial charge >= 0.3 is 5.97 Å².